The van der Waals surface area contributed by atoms with Crippen LogP contribution in [0.1, 0.15) is 18.4 Å². The van der Waals surface area contributed by atoms with Crippen LogP contribution in [-0.4, -0.2) is 34.3 Å². The highest BCUT2D eigenvalue weighted by Gasteiger charge is 2.37. The number of rotatable bonds is 1. The minimum Gasteiger partial charge on any atom is -0.465 e. The van der Waals surface area contributed by atoms with Crippen LogP contribution >= 0.6 is 0 Å². The van der Waals surface area contributed by atoms with Crippen LogP contribution in [-0.2, 0) is 5.60 Å². The Kier molecular flexibility index (Phi) is 3.21. The molecule has 0 radical (unpaired) electrons. The lowest BCUT2D eigenvalue weighted by Crippen LogP contribution is -2.45. The van der Waals surface area contributed by atoms with Crippen molar-refractivity contribution in [3.63, 3.8) is 0 Å². The van der Waals surface area contributed by atoms with Crippen LogP contribution in [0.5, 0.6) is 0 Å². The van der Waals surface area contributed by atoms with Gasteiger partial charge in [0.2, 0.25) is 0 Å². The Morgan fingerprint density at radius 1 is 1.28 bits per heavy atom. The van der Waals surface area contributed by atoms with Crippen molar-refractivity contribution < 1.29 is 23.8 Å². The van der Waals surface area contributed by atoms with Gasteiger partial charge in [0, 0.05) is 18.7 Å². The van der Waals surface area contributed by atoms with Crippen LogP contribution in [0.2, 0.25) is 0 Å². The quantitative estimate of drug-likeness (QED) is 0.808. The van der Waals surface area contributed by atoms with Crippen LogP contribution in [0.25, 0.3) is 0 Å². The third-order valence-corrected chi connectivity index (χ3v) is 3.31. The van der Waals surface area contributed by atoms with Crippen molar-refractivity contribution in [3.05, 3.63) is 35.4 Å². The fourth-order valence-electron chi connectivity index (χ4n) is 2.20. The number of carbonyl (C=O) groups is 1. The number of likely N-dealkylation sites (tertiary alicyclic amines) is 1. The summed E-state index contributed by atoms with van der Waals surface area (Å²) in [5.74, 6) is -2.08. The van der Waals surface area contributed by atoms with Gasteiger partial charge in [-0.15, -0.1) is 0 Å². The SMILES string of the molecule is O=C(O)N1CCC(O)(c2cccc(F)c2F)CC1. The number of amides is 1. The molecule has 18 heavy (non-hydrogen) atoms. The summed E-state index contributed by atoms with van der Waals surface area (Å²) in [6.07, 6.45) is -0.962. The lowest BCUT2D eigenvalue weighted by atomic mass is 9.84. The molecule has 2 rings (SSSR count). The Labute approximate surface area is 102 Å². The molecule has 0 aromatic heterocycles. The first kappa shape index (κ1) is 12.8. The summed E-state index contributed by atoms with van der Waals surface area (Å²) in [5.41, 5.74) is -1.61. The number of halogens is 2. The maximum absolute atomic E-state index is 13.6. The molecule has 1 aromatic rings. The van der Waals surface area contributed by atoms with E-state index >= 15 is 0 Å². The maximum atomic E-state index is 13.6. The van der Waals surface area contributed by atoms with E-state index in [9.17, 15) is 18.7 Å². The van der Waals surface area contributed by atoms with Crippen molar-refractivity contribution in [2.75, 3.05) is 13.1 Å². The van der Waals surface area contributed by atoms with Gasteiger partial charge < -0.3 is 15.1 Å². The largest absolute Gasteiger partial charge is 0.465 e. The number of hydrogen-bond acceptors (Lipinski definition) is 2. The number of aliphatic hydroxyl groups is 1. The summed E-state index contributed by atoms with van der Waals surface area (Å²) in [6.45, 7) is 0.198. The van der Waals surface area contributed by atoms with Crippen molar-refractivity contribution >= 4 is 6.09 Å². The van der Waals surface area contributed by atoms with Gasteiger partial charge in [0.1, 0.15) is 0 Å². The highest BCUT2D eigenvalue weighted by Crippen LogP contribution is 2.34. The number of hydrogen-bond donors (Lipinski definition) is 2. The van der Waals surface area contributed by atoms with Crippen molar-refractivity contribution in [2.45, 2.75) is 18.4 Å². The number of carboxylic acid groups (broad SMARTS) is 1. The normalized spacial score (nSPS) is 18.7. The molecular formula is C12H13F2NO3. The van der Waals surface area contributed by atoms with E-state index in [2.05, 4.69) is 0 Å². The van der Waals surface area contributed by atoms with Crippen molar-refractivity contribution in [1.82, 2.24) is 4.90 Å². The van der Waals surface area contributed by atoms with Gasteiger partial charge in [-0.3, -0.25) is 0 Å². The molecule has 1 aliphatic rings. The second kappa shape index (κ2) is 4.53. The van der Waals surface area contributed by atoms with Gasteiger partial charge in [0.25, 0.3) is 0 Å². The zero-order valence-corrected chi connectivity index (χ0v) is 9.57. The standard InChI is InChI=1S/C12H13F2NO3/c13-9-3-1-2-8(10(9)14)12(18)4-6-15(7-5-12)11(16)17/h1-3,18H,4-7H2,(H,16,17). The second-order valence-electron chi connectivity index (χ2n) is 4.40. The molecular weight excluding hydrogens is 244 g/mol. The summed E-state index contributed by atoms with van der Waals surface area (Å²) in [7, 11) is 0. The molecule has 0 spiro atoms. The van der Waals surface area contributed by atoms with E-state index in [-0.39, 0.29) is 31.5 Å². The van der Waals surface area contributed by atoms with Crippen LogP contribution in [0, 0.1) is 11.6 Å². The third-order valence-electron chi connectivity index (χ3n) is 3.31. The molecule has 0 aliphatic carbocycles. The fourth-order valence-corrected chi connectivity index (χ4v) is 2.20. The molecule has 2 N–H and O–H groups in total. The third kappa shape index (κ3) is 2.15. The highest BCUT2D eigenvalue weighted by atomic mass is 19.2. The van der Waals surface area contributed by atoms with Gasteiger partial charge >= 0.3 is 6.09 Å². The lowest BCUT2D eigenvalue weighted by molar-refractivity contribution is -0.0243. The first-order chi connectivity index (χ1) is 8.44. The second-order valence-corrected chi connectivity index (χ2v) is 4.40. The number of nitrogens with zero attached hydrogens (tertiary/aromatic N) is 1. The smallest absolute Gasteiger partial charge is 0.407 e. The monoisotopic (exact) mass is 257 g/mol. The molecule has 0 atom stereocenters. The Morgan fingerprint density at radius 3 is 2.44 bits per heavy atom. The number of benzene rings is 1. The van der Waals surface area contributed by atoms with E-state index in [1.165, 1.54) is 12.1 Å². The molecule has 0 saturated carbocycles. The average molecular weight is 257 g/mol. The van der Waals surface area contributed by atoms with E-state index in [0.29, 0.717) is 0 Å². The van der Waals surface area contributed by atoms with E-state index < -0.39 is 23.3 Å². The van der Waals surface area contributed by atoms with Crippen molar-refractivity contribution in [1.29, 1.82) is 0 Å². The summed E-state index contributed by atoms with van der Waals surface area (Å²) in [6, 6.07) is 3.64. The van der Waals surface area contributed by atoms with Crippen LogP contribution in [0.3, 0.4) is 0 Å². The summed E-state index contributed by atoms with van der Waals surface area (Å²) in [5, 5.41) is 19.1. The molecule has 1 aromatic carbocycles. The molecule has 4 nitrogen and oxygen atoms in total. The van der Waals surface area contributed by atoms with Gasteiger partial charge in [0.15, 0.2) is 11.6 Å². The van der Waals surface area contributed by atoms with Crippen molar-refractivity contribution in [2.24, 2.45) is 0 Å². The van der Waals surface area contributed by atoms with E-state index in [0.717, 1.165) is 11.0 Å². The van der Waals surface area contributed by atoms with E-state index in [1.54, 1.807) is 0 Å². The summed E-state index contributed by atoms with van der Waals surface area (Å²) < 4.78 is 26.7. The highest BCUT2D eigenvalue weighted by molar-refractivity contribution is 5.65. The van der Waals surface area contributed by atoms with Gasteiger partial charge in [-0.05, 0) is 18.9 Å². The van der Waals surface area contributed by atoms with Gasteiger partial charge in [-0.25, -0.2) is 13.6 Å². The Balaban J connectivity index is 2.23. The van der Waals surface area contributed by atoms with Gasteiger partial charge in [-0.2, -0.15) is 0 Å². The molecule has 0 unspecified atom stereocenters. The first-order valence-corrected chi connectivity index (χ1v) is 5.59. The molecule has 1 heterocycles. The predicted octanol–water partition coefficient (Wildman–Crippen LogP) is 1.93. The van der Waals surface area contributed by atoms with Gasteiger partial charge in [-0.1, -0.05) is 12.1 Å². The molecule has 6 heteroatoms. The minimum atomic E-state index is -1.50. The number of piperidine rings is 1. The lowest BCUT2D eigenvalue weighted by Gasteiger charge is -2.37. The average Bonchev–Trinajstić information content (AvgIpc) is 2.33. The molecule has 0 bridgehead atoms. The van der Waals surface area contributed by atoms with Crippen LogP contribution in [0.15, 0.2) is 18.2 Å². The van der Waals surface area contributed by atoms with Crippen LogP contribution < -0.4 is 0 Å². The molecule has 1 aliphatic heterocycles. The Morgan fingerprint density at radius 2 is 1.89 bits per heavy atom. The predicted molar refractivity (Wildman–Crippen MR) is 59.1 cm³/mol. The fraction of sp³-hybridized carbons (Fsp3) is 0.417. The zero-order chi connectivity index (χ0) is 13.3. The molecule has 1 fully saturated rings. The molecule has 1 saturated heterocycles. The molecule has 1 amide bonds. The topological polar surface area (TPSA) is 60.8 Å². The Hall–Kier alpha value is -1.69. The Bertz CT molecular complexity index is 470. The van der Waals surface area contributed by atoms with E-state index in [4.69, 9.17) is 5.11 Å². The first-order valence-electron chi connectivity index (χ1n) is 5.59. The van der Waals surface area contributed by atoms with Crippen molar-refractivity contribution in [3.8, 4) is 0 Å². The summed E-state index contributed by atoms with van der Waals surface area (Å²) >= 11 is 0. The maximum Gasteiger partial charge on any atom is 0.407 e. The zero-order valence-electron chi connectivity index (χ0n) is 9.57. The summed E-state index contributed by atoms with van der Waals surface area (Å²) in [4.78, 5) is 11.9. The van der Waals surface area contributed by atoms with Gasteiger partial charge in [0.05, 0.1) is 5.60 Å². The minimum absolute atomic E-state index is 0.0552. The molecule has 98 valence electrons. The van der Waals surface area contributed by atoms with E-state index in [1.807, 2.05) is 0 Å². The van der Waals surface area contributed by atoms with Crippen LogP contribution in [0.4, 0.5) is 13.6 Å².